The van der Waals surface area contributed by atoms with Crippen LogP contribution in [0.4, 0.5) is 0 Å². The number of amides is 2. The van der Waals surface area contributed by atoms with Gasteiger partial charge in [0.1, 0.15) is 5.57 Å². The molecular weight excluding hydrogens is 352 g/mol. The molecule has 5 rings (SSSR count). The number of fused-ring (bicyclic) bond motifs is 4. The van der Waals surface area contributed by atoms with Gasteiger partial charge >= 0.3 is 0 Å². The summed E-state index contributed by atoms with van der Waals surface area (Å²) in [4.78, 5) is 43.2. The molecule has 146 valence electrons. The quantitative estimate of drug-likeness (QED) is 0.557. The third-order valence-electron chi connectivity index (χ3n) is 6.99. The maximum absolute atomic E-state index is 13.4. The van der Waals surface area contributed by atoms with Crippen LogP contribution in [0.1, 0.15) is 62.5 Å². The van der Waals surface area contributed by atoms with E-state index in [1.807, 2.05) is 18.2 Å². The van der Waals surface area contributed by atoms with Gasteiger partial charge in [0.05, 0.1) is 11.2 Å². The number of piperidine rings is 1. The van der Waals surface area contributed by atoms with Crippen molar-refractivity contribution in [2.75, 3.05) is 13.1 Å². The van der Waals surface area contributed by atoms with Crippen LogP contribution in [0, 0.1) is 0 Å². The maximum Gasteiger partial charge on any atom is 0.300 e. The Kier molecular flexibility index (Phi) is 4.14. The van der Waals surface area contributed by atoms with Crippen molar-refractivity contribution < 1.29 is 14.4 Å². The van der Waals surface area contributed by atoms with Gasteiger partial charge in [-0.2, -0.15) is 0 Å². The van der Waals surface area contributed by atoms with E-state index < -0.39 is 11.7 Å². The Morgan fingerprint density at radius 2 is 1.57 bits per heavy atom. The molecule has 0 unspecified atom stereocenters. The van der Waals surface area contributed by atoms with E-state index >= 15 is 0 Å². The lowest BCUT2D eigenvalue weighted by Crippen LogP contribution is -2.54. The zero-order valence-electron chi connectivity index (χ0n) is 16.2. The van der Waals surface area contributed by atoms with E-state index in [2.05, 4.69) is 6.07 Å². The summed E-state index contributed by atoms with van der Waals surface area (Å²) in [6.45, 7) is 1.34. The highest BCUT2D eigenvalue weighted by Gasteiger charge is 2.55. The molecule has 1 aromatic rings. The van der Waals surface area contributed by atoms with Crippen molar-refractivity contribution in [3.8, 4) is 0 Å². The van der Waals surface area contributed by atoms with Gasteiger partial charge in [0.15, 0.2) is 0 Å². The van der Waals surface area contributed by atoms with E-state index in [0.29, 0.717) is 18.8 Å². The predicted molar refractivity (Wildman–Crippen MR) is 105 cm³/mol. The molecule has 28 heavy (non-hydrogen) atoms. The van der Waals surface area contributed by atoms with Crippen LogP contribution in [0.25, 0.3) is 5.70 Å². The smallest absolute Gasteiger partial charge is 0.300 e. The van der Waals surface area contributed by atoms with Crippen molar-refractivity contribution >= 4 is 23.3 Å². The highest BCUT2D eigenvalue weighted by Crippen LogP contribution is 2.49. The molecule has 0 bridgehead atoms. The molecule has 3 heterocycles. The molecule has 2 amide bonds. The summed E-state index contributed by atoms with van der Waals surface area (Å²) >= 11 is 0. The minimum Gasteiger partial charge on any atom is -0.338 e. The molecule has 3 aliphatic heterocycles. The first-order valence-corrected chi connectivity index (χ1v) is 10.6. The third-order valence-corrected chi connectivity index (χ3v) is 6.99. The summed E-state index contributed by atoms with van der Waals surface area (Å²) < 4.78 is 0. The van der Waals surface area contributed by atoms with Gasteiger partial charge in [-0.25, -0.2) is 0 Å². The number of carbonyl (C=O) groups excluding carboxylic acids is 3. The first-order valence-electron chi connectivity index (χ1n) is 10.6. The largest absolute Gasteiger partial charge is 0.338 e. The fourth-order valence-corrected chi connectivity index (χ4v) is 5.64. The second kappa shape index (κ2) is 6.57. The third kappa shape index (κ3) is 2.48. The molecule has 0 N–H and O–H groups in total. The molecule has 5 heteroatoms. The van der Waals surface area contributed by atoms with E-state index in [1.165, 1.54) is 0 Å². The monoisotopic (exact) mass is 378 g/mol. The van der Waals surface area contributed by atoms with Crippen LogP contribution >= 0.6 is 0 Å². The molecule has 1 spiro atoms. The van der Waals surface area contributed by atoms with Crippen molar-refractivity contribution in [3.63, 3.8) is 0 Å². The zero-order chi connectivity index (χ0) is 19.3. The average Bonchev–Trinajstić information content (AvgIpc) is 3.01. The van der Waals surface area contributed by atoms with E-state index in [4.69, 9.17) is 0 Å². The number of ketones is 1. The number of nitrogens with zero attached hydrogens (tertiary/aromatic N) is 2. The zero-order valence-corrected chi connectivity index (χ0v) is 16.2. The molecule has 1 aromatic carbocycles. The second-order valence-corrected chi connectivity index (χ2v) is 8.67. The van der Waals surface area contributed by atoms with Gasteiger partial charge in [-0.1, -0.05) is 43.5 Å². The summed E-state index contributed by atoms with van der Waals surface area (Å²) in [5.74, 6) is -1.35. The van der Waals surface area contributed by atoms with Gasteiger partial charge in [0, 0.05) is 18.7 Å². The Labute approximate surface area is 165 Å². The Bertz CT molecular complexity index is 889. The van der Waals surface area contributed by atoms with Gasteiger partial charge in [0.2, 0.25) is 0 Å². The number of Topliss-reactive ketones (excluding diaryl/α,β-unsaturated/α-hetero) is 1. The Morgan fingerprint density at radius 1 is 0.893 bits per heavy atom. The van der Waals surface area contributed by atoms with Gasteiger partial charge in [-0.3, -0.25) is 19.3 Å². The molecular formula is C23H26N2O3. The van der Waals surface area contributed by atoms with E-state index in [1.54, 1.807) is 9.80 Å². The van der Waals surface area contributed by atoms with Crippen LogP contribution < -0.4 is 0 Å². The first-order chi connectivity index (χ1) is 13.6. The Morgan fingerprint density at radius 3 is 2.32 bits per heavy atom. The van der Waals surface area contributed by atoms with Gasteiger partial charge < -0.3 is 4.90 Å². The van der Waals surface area contributed by atoms with Crippen molar-refractivity contribution in [2.24, 2.45) is 0 Å². The predicted octanol–water partition coefficient (Wildman–Crippen LogP) is 3.08. The second-order valence-electron chi connectivity index (χ2n) is 8.67. The fraction of sp³-hybridized carbons (Fsp3) is 0.522. The van der Waals surface area contributed by atoms with Crippen LogP contribution in [0.3, 0.4) is 0 Å². The molecule has 0 aromatic heterocycles. The van der Waals surface area contributed by atoms with Crippen molar-refractivity contribution in [3.05, 3.63) is 41.0 Å². The lowest BCUT2D eigenvalue weighted by atomic mass is 9.72. The SMILES string of the molecule is O=C1C(=O)N2C(=C1C(=O)N1CCCCC1)c1ccccc1CC21CCCCC1. The summed E-state index contributed by atoms with van der Waals surface area (Å²) in [5.41, 5.74) is 2.40. The standard InChI is InChI=1S/C23H26N2O3/c26-20-18(21(27)24-13-7-2-8-14-24)19-17-10-4-3-9-16(17)15-23(25(19)22(20)28)11-5-1-6-12-23/h3-4,9-10H,1-2,5-8,11-15H2. The fourth-order valence-electron chi connectivity index (χ4n) is 5.64. The van der Waals surface area contributed by atoms with Gasteiger partial charge in [0.25, 0.3) is 17.6 Å². The lowest BCUT2D eigenvalue weighted by molar-refractivity contribution is -0.144. The van der Waals surface area contributed by atoms with Crippen LogP contribution in [0.2, 0.25) is 0 Å². The van der Waals surface area contributed by atoms with Crippen molar-refractivity contribution in [1.82, 2.24) is 9.80 Å². The molecule has 4 aliphatic rings. The number of rotatable bonds is 1. The maximum atomic E-state index is 13.4. The molecule has 1 aliphatic carbocycles. The van der Waals surface area contributed by atoms with Gasteiger partial charge in [-0.05, 0) is 44.1 Å². The number of benzene rings is 1. The molecule has 1 saturated carbocycles. The highest BCUT2D eigenvalue weighted by molar-refractivity contribution is 6.55. The van der Waals surface area contributed by atoms with E-state index in [-0.39, 0.29) is 17.0 Å². The number of hydrogen-bond donors (Lipinski definition) is 0. The van der Waals surface area contributed by atoms with E-state index in [9.17, 15) is 14.4 Å². The average molecular weight is 378 g/mol. The normalized spacial score (nSPS) is 23.9. The molecule has 0 atom stereocenters. The molecule has 2 fully saturated rings. The van der Waals surface area contributed by atoms with Crippen molar-refractivity contribution in [1.29, 1.82) is 0 Å². The Hall–Kier alpha value is -2.43. The van der Waals surface area contributed by atoms with Crippen molar-refractivity contribution in [2.45, 2.75) is 63.3 Å². The molecule has 5 nitrogen and oxygen atoms in total. The highest BCUT2D eigenvalue weighted by atomic mass is 16.2. The molecule has 1 saturated heterocycles. The summed E-state index contributed by atoms with van der Waals surface area (Å²) in [6.07, 6.45) is 8.88. The van der Waals surface area contributed by atoms with Crippen LogP contribution in [0.5, 0.6) is 0 Å². The summed E-state index contributed by atoms with van der Waals surface area (Å²) in [5, 5.41) is 0. The Balaban J connectivity index is 1.69. The topological polar surface area (TPSA) is 57.7 Å². The number of likely N-dealkylation sites (tertiary alicyclic amines) is 1. The van der Waals surface area contributed by atoms with Gasteiger partial charge in [-0.15, -0.1) is 0 Å². The minimum absolute atomic E-state index is 0.115. The van der Waals surface area contributed by atoms with E-state index in [0.717, 1.165) is 68.9 Å². The minimum atomic E-state index is -0.604. The number of carbonyl (C=O) groups is 3. The van der Waals surface area contributed by atoms with Crippen LogP contribution in [-0.4, -0.2) is 46.0 Å². The van der Waals surface area contributed by atoms with Crippen LogP contribution in [-0.2, 0) is 20.8 Å². The lowest BCUT2D eigenvalue weighted by Gasteiger charge is -2.49. The molecule has 0 radical (unpaired) electrons. The first kappa shape index (κ1) is 17.7. The summed E-state index contributed by atoms with van der Waals surface area (Å²) in [7, 11) is 0. The van der Waals surface area contributed by atoms with Crippen LogP contribution in [0.15, 0.2) is 29.8 Å². The summed E-state index contributed by atoms with van der Waals surface area (Å²) in [6, 6.07) is 7.99. The number of hydrogen-bond acceptors (Lipinski definition) is 3.